The molecule has 17 aromatic carbocycles. The van der Waals surface area contributed by atoms with Gasteiger partial charge in [-0.3, -0.25) is 0 Å². The molecule has 0 N–H and O–H groups in total. The van der Waals surface area contributed by atoms with Crippen LogP contribution in [-0.4, -0.2) is 0 Å². The molecule has 0 heteroatoms. The van der Waals surface area contributed by atoms with Gasteiger partial charge in [-0.05, 0) is 222 Å². The van der Waals surface area contributed by atoms with E-state index in [1.807, 2.05) is 0 Å². The molecule has 404 valence electrons. The van der Waals surface area contributed by atoms with Crippen LogP contribution in [0.25, 0.3) is 198 Å². The van der Waals surface area contributed by atoms with Gasteiger partial charge in [0, 0.05) is 0 Å². The lowest BCUT2D eigenvalue weighted by Gasteiger charge is -2.23. The van der Waals surface area contributed by atoms with Gasteiger partial charge in [-0.25, -0.2) is 0 Å². The third-order valence-corrected chi connectivity index (χ3v) is 19.5. The highest BCUT2D eigenvalue weighted by molar-refractivity contribution is 6.42. The zero-order valence-electron chi connectivity index (χ0n) is 48.0. The molecule has 2 aliphatic rings. The van der Waals surface area contributed by atoms with Crippen LogP contribution in [0.3, 0.4) is 0 Å². The summed E-state index contributed by atoms with van der Waals surface area (Å²) in [5, 5.41) is 15.5. The van der Waals surface area contributed by atoms with Gasteiger partial charge in [0.2, 0.25) is 0 Å². The van der Waals surface area contributed by atoms with Gasteiger partial charge in [-0.15, -0.1) is 0 Å². The minimum atomic E-state index is 1.20. The van der Waals surface area contributed by atoms with Crippen molar-refractivity contribution in [3.05, 3.63) is 315 Å². The van der Waals surface area contributed by atoms with Crippen LogP contribution in [0, 0.1) is 0 Å². The van der Waals surface area contributed by atoms with Gasteiger partial charge < -0.3 is 0 Å². The Bertz CT molecular complexity index is 4990. The number of hydrogen-bond acceptors (Lipinski definition) is 0. The summed E-state index contributed by atoms with van der Waals surface area (Å²) in [7, 11) is 0. The summed E-state index contributed by atoms with van der Waals surface area (Å²) in [6, 6.07) is 119. The maximum absolute atomic E-state index is 2.51. The summed E-state index contributed by atoms with van der Waals surface area (Å²) in [5.41, 5.74) is 30.0. The Hall–Kier alpha value is -11.4. The molecule has 2 aliphatic carbocycles. The van der Waals surface area contributed by atoms with E-state index in [1.54, 1.807) is 0 Å². The Morgan fingerprint density at radius 2 is 0.295 bits per heavy atom. The lowest BCUT2D eigenvalue weighted by Crippen LogP contribution is -1.96. The third-order valence-electron chi connectivity index (χ3n) is 19.5. The van der Waals surface area contributed by atoms with E-state index in [0.717, 1.165) is 0 Å². The first-order valence-corrected chi connectivity index (χ1v) is 30.7. The van der Waals surface area contributed by atoms with E-state index in [2.05, 4.69) is 315 Å². The minimum Gasteiger partial charge on any atom is -0.0622 e. The molecule has 17 aromatic rings. The standard InChI is InChI=1S/C88H52/c1-9-25-53(26-10-1)69-49-73-74(50-70(69)54-27-11-2-12-28-54)78(58-35-19-6-20-36-58)86-66-46-42-62-64-44-48-68-84-67(47-43-63(82(64)84)61-41-45-65(83(66)81(61)62)85(86)77(73)57-33-17-5-18-34-57)87-79(59-37-21-7-22-38-59)75-51-71(55-29-13-3-14-30-55)72(56-31-15-4-16-32-56)52-76(75)80(88(68)87)60-39-23-8-24-40-60/h1-52H. The molecule has 0 atom stereocenters. The third kappa shape index (κ3) is 6.97. The maximum Gasteiger partial charge on any atom is -0.000740 e. The molecular formula is C88H52. The number of rotatable bonds is 8. The van der Waals surface area contributed by atoms with Crippen molar-refractivity contribution in [1.82, 2.24) is 0 Å². The van der Waals surface area contributed by atoms with E-state index in [1.165, 1.54) is 198 Å². The van der Waals surface area contributed by atoms with Crippen molar-refractivity contribution in [2.75, 3.05) is 0 Å². The summed E-state index contributed by atoms with van der Waals surface area (Å²) in [4.78, 5) is 0. The first kappa shape index (κ1) is 48.9. The fourth-order valence-corrected chi connectivity index (χ4v) is 15.9. The topological polar surface area (TPSA) is 0 Å². The van der Waals surface area contributed by atoms with Crippen LogP contribution in [0.5, 0.6) is 0 Å². The molecule has 0 radical (unpaired) electrons. The zero-order chi connectivity index (χ0) is 57.6. The van der Waals surface area contributed by atoms with Crippen LogP contribution in [0.1, 0.15) is 0 Å². The monoisotopic (exact) mass is 1110 g/mol. The van der Waals surface area contributed by atoms with Crippen molar-refractivity contribution in [2.45, 2.75) is 0 Å². The molecule has 0 fully saturated rings. The summed E-state index contributed by atoms with van der Waals surface area (Å²) >= 11 is 0. The number of benzene rings is 17. The van der Waals surface area contributed by atoms with Crippen molar-refractivity contribution in [3.8, 4) is 134 Å². The fourth-order valence-electron chi connectivity index (χ4n) is 15.9. The molecule has 0 spiro atoms. The first-order valence-electron chi connectivity index (χ1n) is 30.7. The average Bonchev–Trinajstić information content (AvgIpc) is 1.50. The predicted octanol–water partition coefficient (Wildman–Crippen LogP) is 24.7. The van der Waals surface area contributed by atoms with Gasteiger partial charge in [0.15, 0.2) is 0 Å². The largest absolute Gasteiger partial charge is 0.0622 e. The molecule has 0 amide bonds. The lowest BCUT2D eigenvalue weighted by atomic mass is 9.80. The number of hydrogen-bond donors (Lipinski definition) is 0. The van der Waals surface area contributed by atoms with Crippen molar-refractivity contribution >= 4 is 64.6 Å². The van der Waals surface area contributed by atoms with Crippen molar-refractivity contribution in [1.29, 1.82) is 0 Å². The van der Waals surface area contributed by atoms with Crippen LogP contribution in [0.4, 0.5) is 0 Å². The Balaban J connectivity index is 0.929. The normalized spacial score (nSPS) is 12.1. The van der Waals surface area contributed by atoms with Crippen LogP contribution < -0.4 is 0 Å². The molecule has 88 heavy (non-hydrogen) atoms. The minimum absolute atomic E-state index is 1.20. The van der Waals surface area contributed by atoms with Crippen LogP contribution >= 0.6 is 0 Å². The van der Waals surface area contributed by atoms with Gasteiger partial charge in [-0.2, -0.15) is 0 Å². The smallest absolute Gasteiger partial charge is 0.000740 e. The van der Waals surface area contributed by atoms with E-state index in [4.69, 9.17) is 0 Å². The van der Waals surface area contributed by atoms with E-state index >= 15 is 0 Å². The van der Waals surface area contributed by atoms with Gasteiger partial charge in [0.05, 0.1) is 0 Å². The first-order chi connectivity index (χ1) is 43.7. The molecule has 0 heterocycles. The van der Waals surface area contributed by atoms with E-state index in [0.29, 0.717) is 0 Å². The summed E-state index contributed by atoms with van der Waals surface area (Å²) in [5.74, 6) is 0. The Kier molecular flexibility index (Phi) is 10.6. The van der Waals surface area contributed by atoms with E-state index in [-0.39, 0.29) is 0 Å². The summed E-state index contributed by atoms with van der Waals surface area (Å²) in [6.45, 7) is 0. The van der Waals surface area contributed by atoms with Crippen molar-refractivity contribution in [3.63, 3.8) is 0 Å². The second-order valence-corrected chi connectivity index (χ2v) is 24.0. The van der Waals surface area contributed by atoms with E-state index < -0.39 is 0 Å². The van der Waals surface area contributed by atoms with Crippen molar-refractivity contribution in [2.24, 2.45) is 0 Å². The quantitative estimate of drug-likeness (QED) is 0.105. The van der Waals surface area contributed by atoms with Gasteiger partial charge in [0.1, 0.15) is 0 Å². The van der Waals surface area contributed by atoms with Gasteiger partial charge >= 0.3 is 0 Å². The fraction of sp³-hybridized carbons (Fsp3) is 0. The van der Waals surface area contributed by atoms with Crippen LogP contribution in [-0.2, 0) is 0 Å². The highest BCUT2D eigenvalue weighted by Crippen LogP contribution is 2.64. The maximum atomic E-state index is 2.51. The molecule has 0 unspecified atom stereocenters. The molecule has 0 nitrogen and oxygen atoms in total. The highest BCUT2D eigenvalue weighted by atomic mass is 14.4. The molecule has 0 saturated heterocycles. The zero-order valence-corrected chi connectivity index (χ0v) is 48.0. The molecule has 19 rings (SSSR count). The SMILES string of the molecule is c1ccc(-c2cc3c(-c4ccccc4)c4c(c(-c5ccccc5)c3cc2-c2ccccc2)-c2ccc3c5ccc6c7c(ccc(c8ccc-4c2c83)c75)-c2c-6c(-c3ccccc3)c3cc(-c4ccccc4)c(-c4ccccc4)cc3c2-c2ccccc2)cc1. The van der Waals surface area contributed by atoms with Gasteiger partial charge in [-0.1, -0.05) is 291 Å². The van der Waals surface area contributed by atoms with Crippen LogP contribution in [0.15, 0.2) is 315 Å². The Morgan fingerprint density at radius 1 is 0.114 bits per heavy atom. The molecule has 0 aromatic heterocycles. The average molecular weight is 1110 g/mol. The summed E-state index contributed by atoms with van der Waals surface area (Å²) in [6.07, 6.45) is 0. The van der Waals surface area contributed by atoms with Crippen molar-refractivity contribution < 1.29 is 0 Å². The predicted molar refractivity (Wildman–Crippen MR) is 375 cm³/mol. The van der Waals surface area contributed by atoms with E-state index in [9.17, 15) is 0 Å². The Labute approximate surface area is 510 Å². The molecular weight excluding hydrogens is 1060 g/mol. The molecule has 0 saturated carbocycles. The van der Waals surface area contributed by atoms with Crippen LogP contribution in [0.2, 0.25) is 0 Å². The number of fused-ring (bicyclic) bond motifs is 10. The lowest BCUT2D eigenvalue weighted by molar-refractivity contribution is 1.59. The van der Waals surface area contributed by atoms with Gasteiger partial charge in [0.25, 0.3) is 0 Å². The summed E-state index contributed by atoms with van der Waals surface area (Å²) < 4.78 is 0. The molecule has 0 aliphatic heterocycles. The second-order valence-electron chi connectivity index (χ2n) is 24.0. The highest BCUT2D eigenvalue weighted by Gasteiger charge is 2.36. The molecule has 0 bridgehead atoms. The second kappa shape index (κ2) is 19.0. The Morgan fingerprint density at radius 3 is 0.489 bits per heavy atom.